The summed E-state index contributed by atoms with van der Waals surface area (Å²) in [6.07, 6.45) is 1.68. The zero-order valence-electron chi connectivity index (χ0n) is 9.78. The molecule has 3 nitrogen and oxygen atoms in total. The van der Waals surface area contributed by atoms with E-state index in [1.807, 2.05) is 31.2 Å². The molecule has 0 spiro atoms. The predicted octanol–water partition coefficient (Wildman–Crippen LogP) is 3.31. The van der Waals surface area contributed by atoms with Gasteiger partial charge in [-0.25, -0.2) is 0 Å². The first kappa shape index (κ1) is 13.4. The molecule has 2 N–H and O–H groups in total. The third-order valence-electron chi connectivity index (χ3n) is 2.77. The fourth-order valence-corrected chi connectivity index (χ4v) is 2.36. The van der Waals surface area contributed by atoms with Gasteiger partial charge in [-0.3, -0.25) is 4.79 Å². The molecule has 0 unspecified atom stereocenters. The van der Waals surface area contributed by atoms with Gasteiger partial charge in [0.1, 0.15) is 0 Å². The Kier molecular flexibility index (Phi) is 3.92. The third-order valence-corrected chi connectivity index (χ3v) is 4.23. The van der Waals surface area contributed by atoms with Gasteiger partial charge in [-0.15, -0.1) is 0 Å². The summed E-state index contributed by atoms with van der Waals surface area (Å²) in [6, 6.07) is 7.85. The van der Waals surface area contributed by atoms with Gasteiger partial charge < -0.3 is 10.3 Å². The molecular formula is C13H12Br2N2O. The first-order valence-electron chi connectivity index (χ1n) is 5.38. The van der Waals surface area contributed by atoms with Crippen LogP contribution in [0.3, 0.4) is 0 Å². The van der Waals surface area contributed by atoms with Crippen molar-refractivity contribution < 1.29 is 0 Å². The lowest BCUT2D eigenvalue weighted by molar-refractivity contribution is 0.754. The molecule has 0 saturated heterocycles. The van der Waals surface area contributed by atoms with E-state index < -0.39 is 0 Å². The van der Waals surface area contributed by atoms with Crippen molar-refractivity contribution in [3.8, 4) is 0 Å². The van der Waals surface area contributed by atoms with E-state index in [2.05, 4.69) is 31.9 Å². The van der Waals surface area contributed by atoms with Crippen LogP contribution in [-0.2, 0) is 6.54 Å². The summed E-state index contributed by atoms with van der Waals surface area (Å²) >= 11 is 6.67. The van der Waals surface area contributed by atoms with Gasteiger partial charge in [0.2, 0.25) is 0 Å². The quantitative estimate of drug-likeness (QED) is 0.880. The second kappa shape index (κ2) is 5.28. The van der Waals surface area contributed by atoms with Gasteiger partial charge in [0, 0.05) is 10.7 Å². The highest BCUT2D eigenvalue weighted by Gasteiger charge is 2.08. The van der Waals surface area contributed by atoms with Crippen LogP contribution in [0, 0.1) is 6.92 Å². The summed E-state index contributed by atoms with van der Waals surface area (Å²) in [6.45, 7) is 2.33. The lowest BCUT2D eigenvalue weighted by Crippen LogP contribution is -2.22. The number of aromatic nitrogens is 1. The van der Waals surface area contributed by atoms with Crippen molar-refractivity contribution in [2.75, 3.05) is 5.73 Å². The summed E-state index contributed by atoms with van der Waals surface area (Å²) in [4.78, 5) is 12.1. The lowest BCUT2D eigenvalue weighted by atomic mass is 10.2. The minimum atomic E-state index is -0.0652. The minimum absolute atomic E-state index is 0.0652. The number of halogens is 2. The topological polar surface area (TPSA) is 48.0 Å². The van der Waals surface area contributed by atoms with Gasteiger partial charge in [-0.1, -0.05) is 28.1 Å². The van der Waals surface area contributed by atoms with Crippen LogP contribution >= 0.6 is 31.9 Å². The maximum absolute atomic E-state index is 12.1. The molecule has 1 heterocycles. The minimum Gasteiger partial charge on any atom is -0.397 e. The van der Waals surface area contributed by atoms with E-state index in [0.29, 0.717) is 16.7 Å². The van der Waals surface area contributed by atoms with Gasteiger partial charge in [0.25, 0.3) is 5.56 Å². The maximum Gasteiger partial charge on any atom is 0.265 e. The highest BCUT2D eigenvalue weighted by molar-refractivity contribution is 9.10. The number of benzene rings is 1. The van der Waals surface area contributed by atoms with Crippen molar-refractivity contribution in [3.05, 3.63) is 60.9 Å². The molecule has 0 saturated carbocycles. The second-order valence-corrected chi connectivity index (χ2v) is 5.79. The van der Waals surface area contributed by atoms with Crippen LogP contribution in [0.1, 0.15) is 11.1 Å². The van der Waals surface area contributed by atoms with Crippen LogP contribution in [0.4, 0.5) is 5.69 Å². The Labute approximate surface area is 122 Å². The Morgan fingerprint density at radius 2 is 1.83 bits per heavy atom. The number of nitrogens with zero attached hydrogens (tertiary/aromatic N) is 1. The third kappa shape index (κ3) is 2.67. The van der Waals surface area contributed by atoms with E-state index in [-0.39, 0.29) is 5.56 Å². The number of anilines is 1. The second-order valence-electron chi connectivity index (χ2n) is 4.08. The molecule has 0 aliphatic carbocycles. The van der Waals surface area contributed by atoms with E-state index in [1.165, 1.54) is 0 Å². The number of hydrogen-bond donors (Lipinski definition) is 1. The Hall–Kier alpha value is -1.07. The molecule has 1 aromatic heterocycles. The van der Waals surface area contributed by atoms with Gasteiger partial charge in [-0.05, 0) is 46.1 Å². The molecular weight excluding hydrogens is 360 g/mol. The van der Waals surface area contributed by atoms with Crippen LogP contribution in [-0.4, -0.2) is 4.57 Å². The summed E-state index contributed by atoms with van der Waals surface area (Å²) in [5.41, 5.74) is 8.25. The van der Waals surface area contributed by atoms with Crippen molar-refractivity contribution in [2.45, 2.75) is 13.5 Å². The molecule has 0 amide bonds. The molecule has 2 aromatic rings. The van der Waals surface area contributed by atoms with Crippen molar-refractivity contribution in [1.29, 1.82) is 0 Å². The molecule has 0 bridgehead atoms. The monoisotopic (exact) mass is 370 g/mol. The number of hydrogen-bond acceptors (Lipinski definition) is 2. The molecule has 0 aliphatic rings. The standard InChI is InChI=1S/C13H12Br2N2O/c1-8-11(16)7-17(13(18)12(8)15)6-9-2-4-10(14)5-3-9/h2-5,7H,6,16H2,1H3. The summed E-state index contributed by atoms with van der Waals surface area (Å²) in [5, 5.41) is 0. The highest BCUT2D eigenvalue weighted by atomic mass is 79.9. The van der Waals surface area contributed by atoms with E-state index in [4.69, 9.17) is 5.73 Å². The summed E-state index contributed by atoms with van der Waals surface area (Å²) in [7, 11) is 0. The van der Waals surface area contributed by atoms with E-state index in [9.17, 15) is 4.79 Å². The molecule has 1 aromatic carbocycles. The molecule has 5 heteroatoms. The fourth-order valence-electron chi connectivity index (χ4n) is 1.64. The fraction of sp³-hybridized carbons (Fsp3) is 0.154. The molecule has 0 fully saturated rings. The van der Waals surface area contributed by atoms with E-state index >= 15 is 0 Å². The van der Waals surface area contributed by atoms with Crippen LogP contribution < -0.4 is 11.3 Å². The van der Waals surface area contributed by atoms with Crippen LogP contribution in [0.25, 0.3) is 0 Å². The van der Waals surface area contributed by atoms with Crippen LogP contribution in [0.2, 0.25) is 0 Å². The van der Waals surface area contributed by atoms with Crippen LogP contribution in [0.15, 0.2) is 44.2 Å². The van der Waals surface area contributed by atoms with E-state index in [0.717, 1.165) is 15.6 Å². The summed E-state index contributed by atoms with van der Waals surface area (Å²) in [5.74, 6) is 0. The van der Waals surface area contributed by atoms with Crippen molar-refractivity contribution in [2.24, 2.45) is 0 Å². The van der Waals surface area contributed by atoms with Gasteiger partial charge in [0.05, 0.1) is 16.7 Å². The molecule has 0 radical (unpaired) electrons. The Bertz CT molecular complexity index is 633. The summed E-state index contributed by atoms with van der Waals surface area (Å²) < 4.78 is 3.15. The number of nitrogen functional groups attached to an aromatic ring is 1. The number of nitrogens with two attached hydrogens (primary N) is 1. The van der Waals surface area contributed by atoms with Crippen LogP contribution in [0.5, 0.6) is 0 Å². The smallest absolute Gasteiger partial charge is 0.265 e. The zero-order valence-corrected chi connectivity index (χ0v) is 13.0. The van der Waals surface area contributed by atoms with Crippen molar-refractivity contribution >= 4 is 37.5 Å². The van der Waals surface area contributed by atoms with Crippen molar-refractivity contribution in [1.82, 2.24) is 4.57 Å². The van der Waals surface area contributed by atoms with Crippen molar-refractivity contribution in [3.63, 3.8) is 0 Å². The SMILES string of the molecule is Cc1c(N)cn(Cc2ccc(Br)cc2)c(=O)c1Br. The molecule has 0 aliphatic heterocycles. The first-order valence-corrected chi connectivity index (χ1v) is 6.97. The number of pyridine rings is 1. The molecule has 0 atom stereocenters. The van der Waals surface area contributed by atoms with Gasteiger partial charge in [0.15, 0.2) is 0 Å². The van der Waals surface area contributed by atoms with Gasteiger partial charge >= 0.3 is 0 Å². The van der Waals surface area contributed by atoms with E-state index in [1.54, 1.807) is 10.8 Å². The Morgan fingerprint density at radius 3 is 2.44 bits per heavy atom. The first-order chi connectivity index (χ1) is 8.49. The average molecular weight is 372 g/mol. The predicted molar refractivity (Wildman–Crippen MR) is 80.8 cm³/mol. The average Bonchev–Trinajstić information content (AvgIpc) is 2.36. The Morgan fingerprint density at radius 1 is 1.22 bits per heavy atom. The van der Waals surface area contributed by atoms with Gasteiger partial charge in [-0.2, -0.15) is 0 Å². The zero-order chi connectivity index (χ0) is 13.3. The highest BCUT2D eigenvalue weighted by Crippen LogP contribution is 2.18. The normalized spacial score (nSPS) is 10.6. The molecule has 18 heavy (non-hydrogen) atoms. The molecule has 94 valence electrons. The Balaban J connectivity index is 2.41. The molecule has 2 rings (SSSR count). The maximum atomic E-state index is 12.1. The lowest BCUT2D eigenvalue weighted by Gasteiger charge is -2.10. The number of rotatable bonds is 2. The largest absolute Gasteiger partial charge is 0.397 e.